The molecule has 1 heteroatoms. The summed E-state index contributed by atoms with van der Waals surface area (Å²) in [5.74, 6) is 0. The Morgan fingerprint density at radius 2 is 1.16 bits per heavy atom. The fraction of sp³-hybridized carbons (Fsp3) is 0.111. The number of hydrogen-bond acceptors (Lipinski definition) is 1. The first-order valence-corrected chi connectivity index (χ1v) is 6.55. The maximum atomic E-state index is 3.44. The molecule has 0 radical (unpaired) electrons. The van der Waals surface area contributed by atoms with Gasteiger partial charge in [-0.1, -0.05) is 47.5 Å². The number of hydrogen-bond donors (Lipinski definition) is 1. The zero-order chi connectivity index (χ0) is 13.2. The predicted octanol–water partition coefficient (Wildman–Crippen LogP) is 5.20. The molecule has 0 bridgehead atoms. The molecular weight excluding hydrogens is 230 g/mol. The Balaban J connectivity index is 1.93. The number of fused-ring (bicyclic) bond motifs is 1. The van der Waals surface area contributed by atoms with E-state index < -0.39 is 0 Å². The van der Waals surface area contributed by atoms with Crippen molar-refractivity contribution in [3.05, 3.63) is 71.8 Å². The van der Waals surface area contributed by atoms with Crippen molar-refractivity contribution in [3.8, 4) is 0 Å². The first-order chi connectivity index (χ1) is 9.20. The molecule has 0 spiro atoms. The molecule has 0 saturated carbocycles. The lowest BCUT2D eigenvalue weighted by molar-refractivity contribution is 1.45. The van der Waals surface area contributed by atoms with Crippen molar-refractivity contribution in [2.45, 2.75) is 13.8 Å². The highest BCUT2D eigenvalue weighted by Gasteiger charge is 1.98. The molecule has 0 aliphatic carbocycles. The van der Waals surface area contributed by atoms with E-state index in [1.54, 1.807) is 0 Å². The fourth-order valence-electron chi connectivity index (χ4n) is 2.25. The van der Waals surface area contributed by atoms with Gasteiger partial charge in [0.05, 0.1) is 0 Å². The second kappa shape index (κ2) is 4.77. The second-order valence-electron chi connectivity index (χ2n) is 5.06. The van der Waals surface area contributed by atoms with Crippen molar-refractivity contribution in [1.29, 1.82) is 0 Å². The Morgan fingerprint density at radius 1 is 0.579 bits per heavy atom. The smallest absolute Gasteiger partial charge is 0.0390 e. The van der Waals surface area contributed by atoms with E-state index in [0.29, 0.717) is 0 Å². The molecule has 1 nitrogen and oxygen atoms in total. The molecule has 0 aliphatic rings. The average molecular weight is 247 g/mol. The lowest BCUT2D eigenvalue weighted by Crippen LogP contribution is -1.90. The van der Waals surface area contributed by atoms with Gasteiger partial charge in [0.15, 0.2) is 0 Å². The minimum atomic E-state index is 1.12. The third-order valence-corrected chi connectivity index (χ3v) is 3.34. The Labute approximate surface area is 113 Å². The van der Waals surface area contributed by atoms with Gasteiger partial charge in [-0.2, -0.15) is 0 Å². The summed E-state index contributed by atoms with van der Waals surface area (Å²) >= 11 is 0. The minimum absolute atomic E-state index is 1.12. The van der Waals surface area contributed by atoms with Gasteiger partial charge in [0.2, 0.25) is 0 Å². The quantitative estimate of drug-likeness (QED) is 0.656. The van der Waals surface area contributed by atoms with E-state index in [2.05, 4.69) is 79.8 Å². The summed E-state index contributed by atoms with van der Waals surface area (Å²) in [5.41, 5.74) is 4.82. The summed E-state index contributed by atoms with van der Waals surface area (Å²) < 4.78 is 0. The molecule has 0 amide bonds. The molecule has 0 aromatic heterocycles. The first kappa shape index (κ1) is 11.8. The van der Waals surface area contributed by atoms with Crippen molar-refractivity contribution in [3.63, 3.8) is 0 Å². The highest BCUT2D eigenvalue weighted by molar-refractivity contribution is 5.87. The van der Waals surface area contributed by atoms with Gasteiger partial charge in [-0.3, -0.25) is 0 Å². The van der Waals surface area contributed by atoms with Gasteiger partial charge in [-0.05, 0) is 48.9 Å². The second-order valence-corrected chi connectivity index (χ2v) is 5.06. The van der Waals surface area contributed by atoms with Crippen molar-refractivity contribution >= 4 is 22.1 Å². The molecule has 0 fully saturated rings. The van der Waals surface area contributed by atoms with Gasteiger partial charge in [0.1, 0.15) is 0 Å². The van der Waals surface area contributed by atoms with Crippen molar-refractivity contribution in [2.24, 2.45) is 0 Å². The first-order valence-electron chi connectivity index (χ1n) is 6.55. The van der Waals surface area contributed by atoms with Crippen LogP contribution in [0.25, 0.3) is 10.8 Å². The van der Waals surface area contributed by atoms with Crippen LogP contribution in [0.4, 0.5) is 11.4 Å². The SMILES string of the molecule is Cc1ccc(Nc2ccc3cc(C)ccc3c2)cc1. The Kier molecular flexibility index (Phi) is 2.96. The van der Waals surface area contributed by atoms with Crippen LogP contribution in [0.3, 0.4) is 0 Å². The van der Waals surface area contributed by atoms with E-state index in [4.69, 9.17) is 0 Å². The lowest BCUT2D eigenvalue weighted by atomic mass is 10.1. The van der Waals surface area contributed by atoms with E-state index in [1.165, 1.54) is 21.9 Å². The van der Waals surface area contributed by atoms with Crippen LogP contribution in [0.15, 0.2) is 60.7 Å². The van der Waals surface area contributed by atoms with Gasteiger partial charge in [0.25, 0.3) is 0 Å². The van der Waals surface area contributed by atoms with E-state index in [1.807, 2.05) is 0 Å². The molecule has 19 heavy (non-hydrogen) atoms. The molecule has 0 saturated heterocycles. The number of benzene rings is 3. The molecule has 0 atom stereocenters. The molecule has 0 aliphatic heterocycles. The fourth-order valence-corrected chi connectivity index (χ4v) is 2.25. The van der Waals surface area contributed by atoms with Gasteiger partial charge >= 0.3 is 0 Å². The molecule has 3 rings (SSSR count). The van der Waals surface area contributed by atoms with Crippen molar-refractivity contribution in [1.82, 2.24) is 0 Å². The van der Waals surface area contributed by atoms with E-state index >= 15 is 0 Å². The highest BCUT2D eigenvalue weighted by atomic mass is 14.9. The lowest BCUT2D eigenvalue weighted by Gasteiger charge is -2.08. The Bertz CT molecular complexity index is 711. The number of aryl methyl sites for hydroxylation is 2. The van der Waals surface area contributed by atoms with Crippen LogP contribution in [0.1, 0.15) is 11.1 Å². The monoisotopic (exact) mass is 247 g/mol. The normalized spacial score (nSPS) is 10.6. The van der Waals surface area contributed by atoms with Gasteiger partial charge in [-0.25, -0.2) is 0 Å². The standard InChI is InChI=1S/C18H17N/c1-13-4-8-17(9-5-13)19-18-10-7-15-11-14(2)3-6-16(15)12-18/h3-12,19H,1-2H3. The van der Waals surface area contributed by atoms with Crippen LogP contribution >= 0.6 is 0 Å². The molecule has 0 heterocycles. The summed E-state index contributed by atoms with van der Waals surface area (Å²) in [6.45, 7) is 4.22. The van der Waals surface area contributed by atoms with Crippen LogP contribution in [-0.2, 0) is 0 Å². The predicted molar refractivity (Wildman–Crippen MR) is 83.1 cm³/mol. The van der Waals surface area contributed by atoms with Crippen molar-refractivity contribution < 1.29 is 0 Å². The summed E-state index contributed by atoms with van der Waals surface area (Å²) in [6.07, 6.45) is 0. The number of rotatable bonds is 2. The summed E-state index contributed by atoms with van der Waals surface area (Å²) in [7, 11) is 0. The molecular formula is C18H17N. The van der Waals surface area contributed by atoms with Crippen LogP contribution in [0.5, 0.6) is 0 Å². The van der Waals surface area contributed by atoms with Gasteiger partial charge in [-0.15, -0.1) is 0 Å². The van der Waals surface area contributed by atoms with E-state index in [-0.39, 0.29) is 0 Å². The third kappa shape index (κ3) is 2.60. The highest BCUT2D eigenvalue weighted by Crippen LogP contribution is 2.23. The number of nitrogens with one attached hydrogen (secondary N) is 1. The molecule has 94 valence electrons. The Hall–Kier alpha value is -2.28. The largest absolute Gasteiger partial charge is 0.356 e. The summed E-state index contributed by atoms with van der Waals surface area (Å²) in [5, 5.41) is 5.99. The van der Waals surface area contributed by atoms with Crippen LogP contribution in [0.2, 0.25) is 0 Å². The molecule has 1 N–H and O–H groups in total. The number of anilines is 2. The topological polar surface area (TPSA) is 12.0 Å². The van der Waals surface area contributed by atoms with E-state index in [0.717, 1.165) is 11.4 Å². The van der Waals surface area contributed by atoms with Crippen LogP contribution < -0.4 is 5.32 Å². The van der Waals surface area contributed by atoms with Gasteiger partial charge in [0, 0.05) is 11.4 Å². The van der Waals surface area contributed by atoms with E-state index in [9.17, 15) is 0 Å². The minimum Gasteiger partial charge on any atom is -0.356 e. The zero-order valence-electron chi connectivity index (χ0n) is 11.3. The molecule has 3 aromatic rings. The molecule has 3 aromatic carbocycles. The maximum absolute atomic E-state index is 3.44. The summed E-state index contributed by atoms with van der Waals surface area (Å²) in [4.78, 5) is 0. The van der Waals surface area contributed by atoms with Gasteiger partial charge < -0.3 is 5.32 Å². The molecule has 0 unspecified atom stereocenters. The Morgan fingerprint density at radius 3 is 1.95 bits per heavy atom. The maximum Gasteiger partial charge on any atom is 0.0390 e. The average Bonchev–Trinajstić information content (AvgIpc) is 2.42. The van der Waals surface area contributed by atoms with Crippen molar-refractivity contribution in [2.75, 3.05) is 5.32 Å². The van der Waals surface area contributed by atoms with Crippen LogP contribution in [0, 0.1) is 13.8 Å². The zero-order valence-corrected chi connectivity index (χ0v) is 11.3. The summed E-state index contributed by atoms with van der Waals surface area (Å²) in [6, 6.07) is 21.5. The third-order valence-electron chi connectivity index (χ3n) is 3.34. The van der Waals surface area contributed by atoms with Crippen LogP contribution in [-0.4, -0.2) is 0 Å².